The van der Waals surface area contributed by atoms with Gasteiger partial charge in [0.2, 0.25) is 5.91 Å². The molecule has 1 unspecified atom stereocenters. The summed E-state index contributed by atoms with van der Waals surface area (Å²) in [6.45, 7) is 6.37. The van der Waals surface area contributed by atoms with Crippen LogP contribution in [0.2, 0.25) is 5.02 Å². The van der Waals surface area contributed by atoms with Gasteiger partial charge in [-0.1, -0.05) is 31.5 Å². The maximum absolute atomic E-state index is 12.2. The van der Waals surface area contributed by atoms with Gasteiger partial charge in [0.05, 0.1) is 16.4 Å². The van der Waals surface area contributed by atoms with Crippen LogP contribution in [0.1, 0.15) is 32.8 Å². The first-order chi connectivity index (χ1) is 10.2. The highest BCUT2D eigenvalue weighted by Gasteiger charge is 2.26. The monoisotopic (exact) mass is 363 g/mol. The van der Waals surface area contributed by atoms with Crippen molar-refractivity contribution in [1.82, 2.24) is 5.32 Å². The molecule has 1 aromatic carbocycles. The van der Waals surface area contributed by atoms with Gasteiger partial charge in [-0.2, -0.15) is 0 Å². The topological polar surface area (TPSA) is 98.3 Å². The Morgan fingerprint density at radius 2 is 2.09 bits per heavy atom. The smallest absolute Gasteiger partial charge is 0.270 e. The molecule has 0 aliphatic rings. The van der Waals surface area contributed by atoms with Crippen molar-refractivity contribution in [2.45, 2.75) is 39.2 Å². The molecule has 8 heteroatoms. The van der Waals surface area contributed by atoms with E-state index in [1.807, 2.05) is 6.92 Å². The van der Waals surface area contributed by atoms with Crippen LogP contribution in [-0.2, 0) is 11.2 Å². The van der Waals surface area contributed by atoms with E-state index in [9.17, 15) is 14.9 Å². The predicted octanol–water partition coefficient (Wildman–Crippen LogP) is 3.09. The zero-order valence-corrected chi connectivity index (χ0v) is 15.0. The van der Waals surface area contributed by atoms with Crippen LogP contribution in [-0.4, -0.2) is 22.9 Å². The van der Waals surface area contributed by atoms with Gasteiger partial charge in [-0.15, -0.1) is 12.4 Å². The molecule has 1 atom stereocenters. The molecular formula is C15H23Cl2N3O3. The highest BCUT2D eigenvalue weighted by molar-refractivity contribution is 6.31. The van der Waals surface area contributed by atoms with Crippen molar-refractivity contribution in [2.75, 3.05) is 6.54 Å². The second kappa shape index (κ2) is 9.05. The summed E-state index contributed by atoms with van der Waals surface area (Å²) in [6.07, 6.45) is 0.827. The van der Waals surface area contributed by atoms with E-state index in [0.29, 0.717) is 18.0 Å². The lowest BCUT2D eigenvalue weighted by Crippen LogP contribution is -2.52. The van der Waals surface area contributed by atoms with Crippen LogP contribution in [0.5, 0.6) is 0 Å². The van der Waals surface area contributed by atoms with E-state index in [4.69, 9.17) is 17.3 Å². The third-order valence-electron chi connectivity index (χ3n) is 3.35. The Hall–Kier alpha value is -1.37. The van der Waals surface area contributed by atoms with E-state index >= 15 is 0 Å². The van der Waals surface area contributed by atoms with Crippen LogP contribution in [0.25, 0.3) is 0 Å². The fraction of sp³-hybridized carbons (Fsp3) is 0.533. The molecule has 0 spiro atoms. The van der Waals surface area contributed by atoms with Gasteiger partial charge in [0.25, 0.3) is 5.69 Å². The third kappa shape index (κ3) is 6.72. The number of carbonyl (C=O) groups is 1. The molecular weight excluding hydrogens is 341 g/mol. The fourth-order valence-corrected chi connectivity index (χ4v) is 2.67. The second-order valence-corrected chi connectivity index (χ2v) is 6.53. The molecule has 130 valence electrons. The first kappa shape index (κ1) is 21.6. The molecule has 0 aliphatic carbocycles. The molecule has 0 saturated heterocycles. The summed E-state index contributed by atoms with van der Waals surface area (Å²) < 4.78 is 0. The number of nitrogens with one attached hydrogen (secondary N) is 1. The predicted molar refractivity (Wildman–Crippen MR) is 94.1 cm³/mol. The molecule has 0 heterocycles. The maximum Gasteiger partial charge on any atom is 0.270 e. The Balaban J connectivity index is 0.00000484. The fourth-order valence-electron chi connectivity index (χ4n) is 2.43. The molecule has 1 amide bonds. The van der Waals surface area contributed by atoms with Gasteiger partial charge in [0.15, 0.2) is 0 Å². The summed E-state index contributed by atoms with van der Waals surface area (Å²) in [5, 5.41) is 13.8. The highest BCUT2D eigenvalue weighted by Crippen LogP contribution is 2.23. The van der Waals surface area contributed by atoms with E-state index in [2.05, 4.69) is 19.2 Å². The van der Waals surface area contributed by atoms with Crippen molar-refractivity contribution in [3.05, 3.63) is 38.9 Å². The standard InChI is InChI=1S/C15H22ClN3O3.ClH/c1-10(2)8-15(3,9-17)18-14(20)6-11-4-5-12(19(21)22)7-13(11)16;/h4-5,7,10H,6,8-9,17H2,1-3H3,(H,18,20);1H. The highest BCUT2D eigenvalue weighted by atomic mass is 35.5. The van der Waals surface area contributed by atoms with Gasteiger partial charge in [-0.3, -0.25) is 14.9 Å². The molecule has 0 radical (unpaired) electrons. The summed E-state index contributed by atoms with van der Waals surface area (Å²) in [7, 11) is 0. The normalized spacial score (nSPS) is 13.1. The van der Waals surface area contributed by atoms with Gasteiger partial charge in [-0.25, -0.2) is 0 Å². The zero-order valence-electron chi connectivity index (χ0n) is 13.5. The average molecular weight is 364 g/mol. The Kier molecular flexibility index (Phi) is 8.52. The number of carbonyl (C=O) groups excluding carboxylic acids is 1. The van der Waals surface area contributed by atoms with Gasteiger partial charge in [-0.05, 0) is 24.8 Å². The number of non-ortho nitro benzene ring substituents is 1. The largest absolute Gasteiger partial charge is 0.349 e. The minimum atomic E-state index is -0.524. The third-order valence-corrected chi connectivity index (χ3v) is 3.70. The molecule has 0 aliphatic heterocycles. The van der Waals surface area contributed by atoms with Crippen LogP contribution in [0.4, 0.5) is 5.69 Å². The molecule has 0 bridgehead atoms. The Morgan fingerprint density at radius 3 is 2.52 bits per heavy atom. The lowest BCUT2D eigenvalue weighted by molar-refractivity contribution is -0.384. The number of nitrogens with zero attached hydrogens (tertiary/aromatic N) is 1. The number of nitrogens with two attached hydrogens (primary N) is 1. The summed E-state index contributed by atoms with van der Waals surface area (Å²) in [5.74, 6) is 0.196. The Labute approximate surface area is 147 Å². The van der Waals surface area contributed by atoms with Crippen molar-refractivity contribution in [3.63, 3.8) is 0 Å². The molecule has 6 nitrogen and oxygen atoms in total. The first-order valence-electron chi connectivity index (χ1n) is 7.11. The number of hydrogen-bond donors (Lipinski definition) is 2. The average Bonchev–Trinajstić information content (AvgIpc) is 2.39. The minimum absolute atomic E-state index is 0. The van der Waals surface area contributed by atoms with Crippen molar-refractivity contribution >= 4 is 35.6 Å². The second-order valence-electron chi connectivity index (χ2n) is 6.12. The van der Waals surface area contributed by atoms with Crippen molar-refractivity contribution in [2.24, 2.45) is 11.7 Å². The molecule has 0 aromatic heterocycles. The quantitative estimate of drug-likeness (QED) is 0.574. The SMILES string of the molecule is CC(C)CC(C)(CN)NC(=O)Cc1ccc([N+](=O)[O-])cc1Cl.Cl. The number of rotatable bonds is 7. The molecule has 3 N–H and O–H groups in total. The summed E-state index contributed by atoms with van der Waals surface area (Å²) in [6, 6.07) is 4.09. The van der Waals surface area contributed by atoms with Crippen molar-refractivity contribution < 1.29 is 9.72 Å². The lowest BCUT2D eigenvalue weighted by atomic mass is 9.90. The van der Waals surface area contributed by atoms with Crippen LogP contribution >= 0.6 is 24.0 Å². The van der Waals surface area contributed by atoms with E-state index in [0.717, 1.165) is 6.42 Å². The lowest BCUT2D eigenvalue weighted by Gasteiger charge is -2.31. The summed E-state index contributed by atoms with van der Waals surface area (Å²) in [5.41, 5.74) is 5.74. The number of benzene rings is 1. The summed E-state index contributed by atoms with van der Waals surface area (Å²) >= 11 is 6.00. The zero-order chi connectivity index (χ0) is 16.9. The maximum atomic E-state index is 12.2. The van der Waals surface area contributed by atoms with Crippen LogP contribution in [0.15, 0.2) is 18.2 Å². The van der Waals surface area contributed by atoms with Gasteiger partial charge < -0.3 is 11.1 Å². The first-order valence-corrected chi connectivity index (χ1v) is 7.48. The van der Waals surface area contributed by atoms with Gasteiger partial charge in [0, 0.05) is 24.2 Å². The van der Waals surface area contributed by atoms with Crippen LogP contribution < -0.4 is 11.1 Å². The van der Waals surface area contributed by atoms with E-state index in [1.54, 1.807) is 0 Å². The number of nitro benzene ring substituents is 1. The summed E-state index contributed by atoms with van der Waals surface area (Å²) in [4.78, 5) is 22.3. The molecule has 23 heavy (non-hydrogen) atoms. The number of nitro groups is 1. The van der Waals surface area contributed by atoms with Crippen LogP contribution in [0.3, 0.4) is 0 Å². The van der Waals surface area contributed by atoms with E-state index in [1.165, 1.54) is 18.2 Å². The molecule has 0 fully saturated rings. The van der Waals surface area contributed by atoms with Gasteiger partial charge in [0.1, 0.15) is 0 Å². The van der Waals surface area contributed by atoms with Crippen molar-refractivity contribution in [3.8, 4) is 0 Å². The van der Waals surface area contributed by atoms with E-state index < -0.39 is 10.5 Å². The molecule has 0 saturated carbocycles. The van der Waals surface area contributed by atoms with E-state index in [-0.39, 0.29) is 35.4 Å². The number of amides is 1. The Bertz CT molecular complexity index is 567. The van der Waals surface area contributed by atoms with Gasteiger partial charge >= 0.3 is 0 Å². The molecule has 1 rings (SSSR count). The minimum Gasteiger partial charge on any atom is -0.349 e. The Morgan fingerprint density at radius 1 is 1.48 bits per heavy atom. The molecule has 1 aromatic rings. The van der Waals surface area contributed by atoms with Crippen LogP contribution in [0, 0.1) is 16.0 Å². The number of hydrogen-bond acceptors (Lipinski definition) is 4. The number of halogens is 2. The van der Waals surface area contributed by atoms with Crippen molar-refractivity contribution in [1.29, 1.82) is 0 Å².